The van der Waals surface area contributed by atoms with Gasteiger partial charge in [-0.1, -0.05) is 40.5 Å². The van der Waals surface area contributed by atoms with Crippen molar-refractivity contribution in [3.63, 3.8) is 0 Å². The van der Waals surface area contributed by atoms with E-state index in [0.717, 1.165) is 17.4 Å². The predicted octanol–water partition coefficient (Wildman–Crippen LogP) is 4.07. The van der Waals surface area contributed by atoms with E-state index in [-0.39, 0.29) is 0 Å². The van der Waals surface area contributed by atoms with Crippen molar-refractivity contribution in [3.05, 3.63) is 34.3 Å². The number of halogens is 1. The number of nitrogens with one attached hydrogen (secondary N) is 1. The molecule has 2 nitrogen and oxygen atoms in total. The maximum atomic E-state index is 4.61. The van der Waals surface area contributed by atoms with E-state index in [1.54, 1.807) is 0 Å². The van der Waals surface area contributed by atoms with E-state index in [4.69, 9.17) is 0 Å². The van der Waals surface area contributed by atoms with Crippen LogP contribution in [0.3, 0.4) is 0 Å². The Morgan fingerprint density at radius 1 is 1.24 bits per heavy atom. The van der Waals surface area contributed by atoms with Crippen molar-refractivity contribution >= 4 is 21.8 Å². The number of hydrogen-bond acceptors (Lipinski definition) is 2. The molecule has 1 aliphatic rings. The van der Waals surface area contributed by atoms with Gasteiger partial charge >= 0.3 is 0 Å². The first-order chi connectivity index (χ1) is 8.27. The van der Waals surface area contributed by atoms with Gasteiger partial charge in [0.15, 0.2) is 0 Å². The lowest BCUT2D eigenvalue weighted by atomic mass is 10.1. The first-order valence-electron chi connectivity index (χ1n) is 6.31. The molecule has 1 atom stereocenters. The lowest BCUT2D eigenvalue weighted by Gasteiger charge is -2.18. The molecule has 1 aromatic carbocycles. The summed E-state index contributed by atoms with van der Waals surface area (Å²) in [5.74, 6) is 1.17. The van der Waals surface area contributed by atoms with Gasteiger partial charge in [-0.05, 0) is 31.4 Å². The first kappa shape index (κ1) is 12.6. The van der Waals surface area contributed by atoms with Gasteiger partial charge in [-0.2, -0.15) is 0 Å². The van der Waals surface area contributed by atoms with Crippen LogP contribution in [0.4, 0.5) is 0 Å². The van der Waals surface area contributed by atoms with Crippen molar-refractivity contribution in [2.45, 2.75) is 38.6 Å². The summed E-state index contributed by atoms with van der Waals surface area (Å²) in [6.07, 6.45) is 4.88. The van der Waals surface area contributed by atoms with E-state index in [1.807, 2.05) is 6.07 Å². The van der Waals surface area contributed by atoms with Crippen molar-refractivity contribution in [1.82, 2.24) is 5.32 Å². The zero-order valence-corrected chi connectivity index (χ0v) is 11.8. The molecule has 0 aromatic heterocycles. The van der Waals surface area contributed by atoms with Crippen LogP contribution in [0.15, 0.2) is 33.7 Å². The third-order valence-electron chi connectivity index (χ3n) is 3.13. The minimum absolute atomic E-state index is 0.308. The van der Waals surface area contributed by atoms with Crippen LogP contribution in [0.25, 0.3) is 0 Å². The highest BCUT2D eigenvalue weighted by molar-refractivity contribution is 9.10. The first-order valence-corrected chi connectivity index (χ1v) is 7.11. The van der Waals surface area contributed by atoms with Gasteiger partial charge in [0.1, 0.15) is 0 Å². The van der Waals surface area contributed by atoms with Crippen molar-refractivity contribution < 1.29 is 0 Å². The molecule has 17 heavy (non-hydrogen) atoms. The van der Waals surface area contributed by atoms with Gasteiger partial charge < -0.3 is 5.32 Å². The fraction of sp³-hybridized carbons (Fsp3) is 0.500. The van der Waals surface area contributed by atoms with E-state index >= 15 is 0 Å². The summed E-state index contributed by atoms with van der Waals surface area (Å²) in [6.45, 7) is 3.17. The van der Waals surface area contributed by atoms with Crippen LogP contribution in [0, 0.1) is 0 Å². The van der Waals surface area contributed by atoms with Crippen molar-refractivity contribution in [1.29, 1.82) is 0 Å². The lowest BCUT2D eigenvalue weighted by Crippen LogP contribution is -2.26. The molecule has 1 N–H and O–H groups in total. The Morgan fingerprint density at radius 2 is 2.06 bits per heavy atom. The highest BCUT2D eigenvalue weighted by Crippen LogP contribution is 2.23. The molecule has 3 heteroatoms. The number of amidine groups is 1. The fourth-order valence-corrected chi connectivity index (χ4v) is 2.77. The minimum Gasteiger partial charge on any atom is -0.367 e. The Balaban J connectivity index is 2.03. The largest absolute Gasteiger partial charge is 0.367 e. The van der Waals surface area contributed by atoms with Gasteiger partial charge in [0.25, 0.3) is 0 Å². The lowest BCUT2D eigenvalue weighted by molar-refractivity contribution is 0.691. The van der Waals surface area contributed by atoms with E-state index in [0.29, 0.717) is 6.04 Å². The fourth-order valence-electron chi connectivity index (χ4n) is 2.15. The minimum atomic E-state index is 0.308. The van der Waals surface area contributed by atoms with Crippen molar-refractivity contribution in [3.8, 4) is 0 Å². The molecule has 0 amide bonds. The molecule has 0 bridgehead atoms. The van der Waals surface area contributed by atoms with Crippen LogP contribution >= 0.6 is 15.9 Å². The second kappa shape index (κ2) is 6.20. The van der Waals surface area contributed by atoms with E-state index in [1.165, 1.54) is 30.7 Å². The number of rotatable bonds is 2. The highest BCUT2D eigenvalue weighted by Gasteiger charge is 2.11. The smallest absolute Gasteiger partial charge is 0.0967 e. The molecule has 1 aliphatic heterocycles. The van der Waals surface area contributed by atoms with Crippen LogP contribution in [-0.2, 0) is 0 Å². The molecule has 0 unspecified atom stereocenters. The van der Waals surface area contributed by atoms with Crippen molar-refractivity contribution in [2.24, 2.45) is 4.99 Å². The molecule has 2 rings (SSSR count). The zero-order valence-electron chi connectivity index (χ0n) is 10.2. The second-order valence-electron chi connectivity index (χ2n) is 4.53. The molecule has 0 saturated carbocycles. The Morgan fingerprint density at radius 3 is 2.88 bits per heavy atom. The third kappa shape index (κ3) is 3.56. The maximum Gasteiger partial charge on any atom is 0.0967 e. The van der Waals surface area contributed by atoms with Gasteiger partial charge in [-0.3, -0.25) is 4.99 Å². The number of benzene rings is 1. The Hall–Kier alpha value is -0.830. The van der Waals surface area contributed by atoms with Gasteiger partial charge in [0.05, 0.1) is 11.9 Å². The molecule has 0 spiro atoms. The summed E-state index contributed by atoms with van der Waals surface area (Å²) in [4.78, 5) is 4.61. The Bertz CT molecular complexity index is 401. The van der Waals surface area contributed by atoms with Gasteiger partial charge in [0.2, 0.25) is 0 Å². The van der Waals surface area contributed by atoms with Crippen LogP contribution in [0.2, 0.25) is 0 Å². The Kier molecular flexibility index (Phi) is 4.60. The number of nitrogens with zero attached hydrogens (tertiary/aromatic N) is 1. The summed E-state index contributed by atoms with van der Waals surface area (Å²) < 4.78 is 1.16. The van der Waals surface area contributed by atoms with Crippen LogP contribution in [0.1, 0.15) is 44.2 Å². The summed E-state index contributed by atoms with van der Waals surface area (Å²) in [6, 6.07) is 8.67. The quantitative estimate of drug-likeness (QED) is 0.873. The summed E-state index contributed by atoms with van der Waals surface area (Å²) >= 11 is 3.60. The van der Waals surface area contributed by atoms with Gasteiger partial charge in [0, 0.05) is 17.4 Å². The van der Waals surface area contributed by atoms with Crippen molar-refractivity contribution in [2.75, 3.05) is 6.54 Å². The molecule has 0 fully saturated rings. The molecular weight excluding hydrogens is 276 g/mol. The Labute approximate surface area is 112 Å². The predicted molar refractivity (Wildman–Crippen MR) is 76.5 cm³/mol. The topological polar surface area (TPSA) is 24.4 Å². The van der Waals surface area contributed by atoms with E-state index in [2.05, 4.69) is 51.4 Å². The van der Waals surface area contributed by atoms with Gasteiger partial charge in [-0.25, -0.2) is 0 Å². The summed E-state index contributed by atoms with van der Waals surface area (Å²) in [5, 5.41) is 3.54. The average Bonchev–Trinajstić information content (AvgIpc) is 2.58. The maximum absolute atomic E-state index is 4.61. The highest BCUT2D eigenvalue weighted by atomic mass is 79.9. The number of aliphatic imine (C=N–C) groups is 1. The summed E-state index contributed by atoms with van der Waals surface area (Å²) in [5.41, 5.74) is 1.29. The molecule has 0 aliphatic carbocycles. The average molecular weight is 295 g/mol. The molecule has 1 heterocycles. The zero-order chi connectivity index (χ0) is 12.1. The molecule has 0 radical (unpaired) electrons. The van der Waals surface area contributed by atoms with Crippen LogP contribution < -0.4 is 5.32 Å². The third-order valence-corrected chi connectivity index (χ3v) is 3.85. The molecule has 1 aromatic rings. The standard InChI is InChI=1S/C14H19BrN2/c1-11(12-7-4-5-8-13(12)15)17-14-9-3-2-6-10-16-14/h4-5,7-8,11H,2-3,6,9-10H2,1H3,(H,16,17)/t11-/m0/s1. The van der Waals surface area contributed by atoms with E-state index in [9.17, 15) is 0 Å². The molecular formula is C14H19BrN2. The summed E-state index contributed by atoms with van der Waals surface area (Å²) in [7, 11) is 0. The normalized spacial score (nSPS) is 18.1. The SMILES string of the molecule is C[C@H](NC1=NCCCCC1)c1ccccc1Br. The van der Waals surface area contributed by atoms with E-state index < -0.39 is 0 Å². The van der Waals surface area contributed by atoms with Crippen LogP contribution in [0.5, 0.6) is 0 Å². The monoisotopic (exact) mass is 294 g/mol. The molecule has 0 saturated heterocycles. The number of hydrogen-bond donors (Lipinski definition) is 1. The van der Waals surface area contributed by atoms with Crippen LogP contribution in [-0.4, -0.2) is 12.4 Å². The second-order valence-corrected chi connectivity index (χ2v) is 5.38. The molecule has 92 valence electrons. The van der Waals surface area contributed by atoms with Gasteiger partial charge in [-0.15, -0.1) is 0 Å².